The summed E-state index contributed by atoms with van der Waals surface area (Å²) < 4.78 is 2.06. The van der Waals surface area contributed by atoms with Gasteiger partial charge in [0.25, 0.3) is 0 Å². The van der Waals surface area contributed by atoms with Gasteiger partial charge in [0.2, 0.25) is 5.91 Å². The monoisotopic (exact) mass is 507 g/mol. The van der Waals surface area contributed by atoms with Crippen molar-refractivity contribution in [2.75, 3.05) is 33.7 Å². The third-order valence-electron chi connectivity index (χ3n) is 7.27. The predicted octanol–water partition coefficient (Wildman–Crippen LogP) is 4.21. The van der Waals surface area contributed by atoms with E-state index in [0.29, 0.717) is 38.0 Å². The van der Waals surface area contributed by atoms with Gasteiger partial charge in [-0.2, -0.15) is 5.10 Å². The third-order valence-corrected chi connectivity index (χ3v) is 7.27. The van der Waals surface area contributed by atoms with E-state index in [9.17, 15) is 9.90 Å². The van der Waals surface area contributed by atoms with Crippen LogP contribution in [0.15, 0.2) is 35.6 Å². The maximum absolute atomic E-state index is 11.8. The van der Waals surface area contributed by atoms with Gasteiger partial charge in [-0.25, -0.2) is 4.99 Å². The maximum atomic E-state index is 11.8. The van der Waals surface area contributed by atoms with Crippen molar-refractivity contribution in [2.24, 2.45) is 4.99 Å². The molecule has 3 N–H and O–H groups in total. The van der Waals surface area contributed by atoms with Crippen LogP contribution in [0.3, 0.4) is 0 Å². The number of hydrogen-bond acceptors (Lipinski definition) is 6. The lowest BCUT2D eigenvalue weighted by atomic mass is 10.0. The maximum Gasteiger partial charge on any atom is 0.223 e. The fourth-order valence-electron chi connectivity index (χ4n) is 5.00. The zero-order chi connectivity index (χ0) is 26.5. The van der Waals surface area contributed by atoms with Gasteiger partial charge in [0.1, 0.15) is 5.69 Å². The molecule has 200 valence electrons. The van der Waals surface area contributed by atoms with Crippen molar-refractivity contribution < 1.29 is 9.90 Å². The summed E-state index contributed by atoms with van der Waals surface area (Å²) >= 11 is 0. The Morgan fingerprint density at radius 3 is 2.73 bits per heavy atom. The Morgan fingerprint density at radius 2 is 2.05 bits per heavy atom. The van der Waals surface area contributed by atoms with Crippen LogP contribution in [0, 0.1) is 0 Å². The molecule has 1 aromatic carbocycles. The molecule has 1 saturated heterocycles. The molecular formula is C28H41N7O2. The third kappa shape index (κ3) is 6.40. The van der Waals surface area contributed by atoms with E-state index in [-0.39, 0.29) is 11.8 Å². The number of carbonyl (C=O) groups is 1. The van der Waals surface area contributed by atoms with Crippen molar-refractivity contribution in [2.45, 2.75) is 65.1 Å². The van der Waals surface area contributed by atoms with Crippen LogP contribution in [0.2, 0.25) is 0 Å². The number of aromatic amines is 1. The molecule has 0 radical (unpaired) electrons. The van der Waals surface area contributed by atoms with Gasteiger partial charge in [-0.3, -0.25) is 9.48 Å². The molecule has 0 unspecified atom stereocenters. The number of likely N-dealkylation sites (tertiary alicyclic amines) is 1. The topological polar surface area (TPSA) is 102 Å². The van der Waals surface area contributed by atoms with Crippen LogP contribution in [0.5, 0.6) is 5.88 Å². The van der Waals surface area contributed by atoms with E-state index >= 15 is 0 Å². The number of hydrogen-bond donors (Lipinski definition) is 3. The fourth-order valence-corrected chi connectivity index (χ4v) is 5.00. The second-order valence-electron chi connectivity index (χ2n) is 10.4. The number of amides is 1. The fraction of sp³-hybridized carbons (Fsp3) is 0.536. The summed E-state index contributed by atoms with van der Waals surface area (Å²) in [5, 5.41) is 19.7. The van der Waals surface area contributed by atoms with E-state index in [1.165, 1.54) is 0 Å². The molecule has 37 heavy (non-hydrogen) atoms. The van der Waals surface area contributed by atoms with Crippen molar-refractivity contribution in [1.82, 2.24) is 29.9 Å². The number of H-pyrrole nitrogens is 1. The normalized spacial score (nSPS) is 15.7. The van der Waals surface area contributed by atoms with Crippen molar-refractivity contribution in [3.63, 3.8) is 0 Å². The quantitative estimate of drug-likeness (QED) is 0.282. The first kappa shape index (κ1) is 26.9. The van der Waals surface area contributed by atoms with Gasteiger partial charge in [0.15, 0.2) is 5.88 Å². The molecule has 1 aliphatic heterocycles. The number of fused-ring (bicyclic) bond motifs is 1. The number of benzene rings is 1. The first-order valence-corrected chi connectivity index (χ1v) is 13.4. The second-order valence-corrected chi connectivity index (χ2v) is 10.4. The molecule has 9 nitrogen and oxygen atoms in total. The average Bonchev–Trinajstić information content (AvgIpc) is 3.48. The summed E-state index contributed by atoms with van der Waals surface area (Å²) in [5.74, 6) is 0.236. The van der Waals surface area contributed by atoms with Crippen molar-refractivity contribution >= 4 is 28.2 Å². The molecule has 0 spiro atoms. The van der Waals surface area contributed by atoms with E-state index < -0.39 is 0 Å². The first-order valence-electron chi connectivity index (χ1n) is 13.4. The minimum Gasteiger partial charge on any atom is -0.494 e. The van der Waals surface area contributed by atoms with Crippen LogP contribution in [0.25, 0.3) is 10.9 Å². The highest BCUT2D eigenvalue weighted by atomic mass is 16.3. The molecule has 0 atom stereocenters. The van der Waals surface area contributed by atoms with Crippen LogP contribution >= 0.6 is 0 Å². The van der Waals surface area contributed by atoms with Gasteiger partial charge in [-0.15, -0.1) is 0 Å². The Morgan fingerprint density at radius 1 is 1.30 bits per heavy atom. The molecule has 3 heterocycles. The van der Waals surface area contributed by atoms with E-state index in [1.54, 1.807) is 19.0 Å². The van der Waals surface area contributed by atoms with Crippen molar-refractivity contribution in [1.29, 1.82) is 0 Å². The summed E-state index contributed by atoms with van der Waals surface area (Å²) in [6.07, 6.45) is 7.17. The first-order chi connectivity index (χ1) is 17.8. The molecule has 2 aromatic heterocycles. The van der Waals surface area contributed by atoms with Gasteiger partial charge < -0.3 is 25.2 Å². The van der Waals surface area contributed by atoms with E-state index in [2.05, 4.69) is 51.8 Å². The molecule has 1 amide bonds. The molecule has 9 heteroatoms. The van der Waals surface area contributed by atoms with Gasteiger partial charge in [0, 0.05) is 63.6 Å². The number of aromatic hydroxyl groups is 1. The van der Waals surface area contributed by atoms with Crippen molar-refractivity contribution in [3.05, 3.63) is 41.7 Å². The molecule has 0 aliphatic carbocycles. The highest BCUT2D eigenvalue weighted by Crippen LogP contribution is 2.31. The zero-order valence-corrected chi connectivity index (χ0v) is 22.8. The molecule has 1 aliphatic rings. The number of carbonyl (C=O) groups excluding carboxylic acids is 1. The Kier molecular flexibility index (Phi) is 8.66. The van der Waals surface area contributed by atoms with E-state index in [4.69, 9.17) is 4.99 Å². The number of aliphatic imine (C=N–C) groups is 1. The summed E-state index contributed by atoms with van der Waals surface area (Å²) in [6.45, 7) is 9.99. The number of nitrogens with one attached hydrogen (secondary N) is 2. The highest BCUT2D eigenvalue weighted by molar-refractivity contribution is 6.13. The SMILES string of the molecule is CCC(=Nc1cnn(C2CCN(C(C)C)CC2)c1)c1c(O)[nH]c2ccc(CNCCC(=O)N(C)C)cc12. The molecule has 3 aromatic rings. The minimum absolute atomic E-state index is 0.105. The molecule has 1 fully saturated rings. The summed E-state index contributed by atoms with van der Waals surface area (Å²) in [4.78, 5) is 23.9. The number of rotatable bonds is 10. The Balaban J connectivity index is 1.49. The minimum atomic E-state index is 0.105. The average molecular weight is 508 g/mol. The summed E-state index contributed by atoms with van der Waals surface area (Å²) in [7, 11) is 3.54. The summed E-state index contributed by atoms with van der Waals surface area (Å²) in [6, 6.07) is 7.07. The van der Waals surface area contributed by atoms with Gasteiger partial charge in [0.05, 0.1) is 29.7 Å². The lowest BCUT2D eigenvalue weighted by Gasteiger charge is -2.34. The Bertz CT molecular complexity index is 1230. The lowest BCUT2D eigenvalue weighted by Crippen LogP contribution is -2.39. The van der Waals surface area contributed by atoms with Crippen LogP contribution in [0.1, 0.15) is 63.6 Å². The zero-order valence-electron chi connectivity index (χ0n) is 22.8. The standard InChI is InChI=1S/C28H41N7O2/c1-6-24(31-21-17-30-35(18-21)22-10-13-34(14-11-22)19(2)3)27-23-15-20(7-8-25(23)32-28(27)37)16-29-12-9-26(36)33(4)5/h7-8,15,17-19,22,29,32,37H,6,9-14,16H2,1-5H3. The van der Waals surface area contributed by atoms with Crippen LogP contribution in [0.4, 0.5) is 5.69 Å². The molecule has 4 rings (SSSR count). The highest BCUT2D eigenvalue weighted by Gasteiger charge is 2.23. The van der Waals surface area contributed by atoms with Gasteiger partial charge >= 0.3 is 0 Å². The molecule has 0 saturated carbocycles. The van der Waals surface area contributed by atoms with Crippen molar-refractivity contribution in [3.8, 4) is 5.88 Å². The van der Waals surface area contributed by atoms with Crippen LogP contribution in [-0.2, 0) is 11.3 Å². The van der Waals surface area contributed by atoms with E-state index in [1.807, 2.05) is 24.5 Å². The smallest absolute Gasteiger partial charge is 0.223 e. The second kappa shape index (κ2) is 11.9. The van der Waals surface area contributed by atoms with Crippen LogP contribution < -0.4 is 5.32 Å². The van der Waals surface area contributed by atoms with E-state index in [0.717, 1.165) is 59.4 Å². The summed E-state index contributed by atoms with van der Waals surface area (Å²) in [5.41, 5.74) is 4.31. The largest absolute Gasteiger partial charge is 0.494 e. The lowest BCUT2D eigenvalue weighted by molar-refractivity contribution is -0.128. The van der Waals surface area contributed by atoms with Gasteiger partial charge in [-0.05, 0) is 50.8 Å². The number of piperidine rings is 1. The Hall–Kier alpha value is -3.17. The Labute approximate surface area is 219 Å². The number of nitrogens with zero attached hydrogens (tertiary/aromatic N) is 5. The number of aromatic nitrogens is 3. The van der Waals surface area contributed by atoms with Crippen LogP contribution in [-0.4, -0.2) is 81.1 Å². The predicted molar refractivity (Wildman–Crippen MR) is 149 cm³/mol. The molecular weight excluding hydrogens is 466 g/mol. The molecule has 0 bridgehead atoms. The van der Waals surface area contributed by atoms with Gasteiger partial charge in [-0.1, -0.05) is 13.0 Å².